The number of hydrogen-bond acceptors (Lipinski definition) is 6. The van der Waals surface area contributed by atoms with Gasteiger partial charge >= 0.3 is 0 Å². The molecule has 3 aromatic rings. The average molecular weight is 362 g/mol. The Morgan fingerprint density at radius 2 is 2.17 bits per heavy atom. The summed E-state index contributed by atoms with van der Waals surface area (Å²) in [6.07, 6.45) is 10.2. The van der Waals surface area contributed by atoms with E-state index in [-0.39, 0.29) is 0 Å². The van der Waals surface area contributed by atoms with Crippen LogP contribution in [0.3, 0.4) is 0 Å². The summed E-state index contributed by atoms with van der Waals surface area (Å²) in [5, 5.41) is 9.09. The third kappa shape index (κ3) is 3.19. The quantitative estimate of drug-likeness (QED) is 0.654. The Morgan fingerprint density at radius 1 is 1.33 bits per heavy atom. The van der Waals surface area contributed by atoms with Gasteiger partial charge in [-0.05, 0) is 26.7 Å². The van der Waals surface area contributed by atoms with Crippen molar-refractivity contribution in [3.63, 3.8) is 0 Å². The molecule has 0 aromatic carbocycles. The maximum atomic E-state index is 4.85. The summed E-state index contributed by atoms with van der Waals surface area (Å²) in [7, 11) is 0. The van der Waals surface area contributed by atoms with Crippen molar-refractivity contribution in [1.82, 2.24) is 19.6 Å². The molecule has 1 saturated carbocycles. The molecule has 5 nitrogen and oxygen atoms in total. The molecule has 4 rings (SSSR count). The summed E-state index contributed by atoms with van der Waals surface area (Å²) >= 11 is 3.42. The van der Waals surface area contributed by atoms with Crippen LogP contribution < -0.4 is 4.90 Å². The van der Waals surface area contributed by atoms with E-state index >= 15 is 0 Å². The Kier molecular flexibility index (Phi) is 4.54. The van der Waals surface area contributed by atoms with E-state index < -0.39 is 0 Å². The fourth-order valence-corrected chi connectivity index (χ4v) is 5.07. The van der Waals surface area contributed by atoms with Crippen molar-refractivity contribution >= 4 is 32.8 Å². The fraction of sp³-hybridized carbons (Fsp3) is 0.588. The standard InChI is InChI=1S/C17H23N5S2/c1-12(2)21(9-7-15-18-8-10-23-15)17-20-22-11-14(19-16(22)24-17)13-5-3-4-6-13/h8,10-13H,3-7,9H2,1-2H3. The van der Waals surface area contributed by atoms with Gasteiger partial charge < -0.3 is 4.90 Å². The molecule has 0 radical (unpaired) electrons. The molecular weight excluding hydrogens is 338 g/mol. The van der Waals surface area contributed by atoms with Crippen molar-refractivity contribution in [3.8, 4) is 0 Å². The second-order valence-corrected chi connectivity index (χ2v) is 8.64. The summed E-state index contributed by atoms with van der Waals surface area (Å²) in [5.41, 5.74) is 1.23. The molecule has 0 saturated heterocycles. The molecule has 0 unspecified atom stereocenters. The van der Waals surface area contributed by atoms with Crippen molar-refractivity contribution in [1.29, 1.82) is 0 Å². The van der Waals surface area contributed by atoms with E-state index in [1.807, 2.05) is 16.1 Å². The van der Waals surface area contributed by atoms with E-state index in [9.17, 15) is 0 Å². The zero-order valence-electron chi connectivity index (χ0n) is 14.2. The SMILES string of the molecule is CC(C)N(CCc1nccs1)c1nn2cc(C3CCCC3)nc2s1. The molecule has 3 heterocycles. The molecule has 0 bridgehead atoms. The van der Waals surface area contributed by atoms with Gasteiger partial charge in [0, 0.05) is 36.5 Å². The lowest BCUT2D eigenvalue weighted by molar-refractivity contribution is 0.668. The van der Waals surface area contributed by atoms with E-state index in [0.717, 1.165) is 23.1 Å². The van der Waals surface area contributed by atoms with Crippen molar-refractivity contribution in [2.24, 2.45) is 0 Å². The smallest absolute Gasteiger partial charge is 0.214 e. The van der Waals surface area contributed by atoms with Gasteiger partial charge in [-0.15, -0.1) is 16.4 Å². The van der Waals surface area contributed by atoms with E-state index in [1.165, 1.54) is 36.4 Å². The Morgan fingerprint density at radius 3 is 2.83 bits per heavy atom. The van der Waals surface area contributed by atoms with Gasteiger partial charge in [-0.3, -0.25) is 0 Å². The molecule has 0 spiro atoms. The number of hydrogen-bond donors (Lipinski definition) is 0. The van der Waals surface area contributed by atoms with Crippen LogP contribution in [-0.4, -0.2) is 32.2 Å². The maximum Gasteiger partial charge on any atom is 0.214 e. The van der Waals surface area contributed by atoms with Gasteiger partial charge in [0.15, 0.2) is 0 Å². The predicted molar refractivity (Wildman–Crippen MR) is 100 cm³/mol. The molecule has 128 valence electrons. The van der Waals surface area contributed by atoms with Gasteiger partial charge in [0.1, 0.15) is 0 Å². The Labute approximate surface area is 150 Å². The van der Waals surface area contributed by atoms with Crippen LogP contribution >= 0.6 is 22.7 Å². The minimum Gasteiger partial charge on any atom is -0.344 e. The van der Waals surface area contributed by atoms with Crippen LogP contribution in [0.2, 0.25) is 0 Å². The van der Waals surface area contributed by atoms with Gasteiger partial charge in [0.2, 0.25) is 10.1 Å². The zero-order valence-corrected chi connectivity index (χ0v) is 15.8. The highest BCUT2D eigenvalue weighted by atomic mass is 32.1. The summed E-state index contributed by atoms with van der Waals surface area (Å²) in [5.74, 6) is 0.647. The van der Waals surface area contributed by atoms with Gasteiger partial charge in [-0.1, -0.05) is 24.2 Å². The van der Waals surface area contributed by atoms with Gasteiger partial charge in [-0.2, -0.15) is 0 Å². The maximum absolute atomic E-state index is 4.85. The first-order chi connectivity index (χ1) is 11.7. The van der Waals surface area contributed by atoms with Crippen LogP contribution in [0.15, 0.2) is 17.8 Å². The van der Waals surface area contributed by atoms with E-state index in [1.54, 1.807) is 22.7 Å². The second-order valence-electron chi connectivity index (χ2n) is 6.72. The van der Waals surface area contributed by atoms with Crippen LogP contribution in [0.5, 0.6) is 0 Å². The van der Waals surface area contributed by atoms with Crippen LogP contribution in [-0.2, 0) is 6.42 Å². The molecule has 3 aromatic heterocycles. The number of imidazole rings is 1. The lowest BCUT2D eigenvalue weighted by Crippen LogP contribution is -2.32. The minimum atomic E-state index is 0.412. The number of thiazole rings is 1. The first-order valence-electron chi connectivity index (χ1n) is 8.72. The number of anilines is 1. The Balaban J connectivity index is 1.52. The van der Waals surface area contributed by atoms with Gasteiger partial charge in [0.05, 0.1) is 16.9 Å². The summed E-state index contributed by atoms with van der Waals surface area (Å²) in [6, 6.07) is 0.412. The second kappa shape index (κ2) is 6.80. The summed E-state index contributed by atoms with van der Waals surface area (Å²) in [4.78, 5) is 12.6. The summed E-state index contributed by atoms with van der Waals surface area (Å²) in [6.45, 7) is 5.38. The fourth-order valence-electron chi connectivity index (χ4n) is 3.41. The Bertz CT molecular complexity index is 752. The van der Waals surface area contributed by atoms with Crippen LogP contribution in [0.25, 0.3) is 4.96 Å². The number of aromatic nitrogens is 4. The normalized spacial score (nSPS) is 15.8. The van der Waals surface area contributed by atoms with E-state index in [0.29, 0.717) is 12.0 Å². The van der Waals surface area contributed by atoms with Crippen molar-refractivity contribution in [2.75, 3.05) is 11.4 Å². The zero-order chi connectivity index (χ0) is 16.5. The highest BCUT2D eigenvalue weighted by Crippen LogP contribution is 2.35. The molecule has 24 heavy (non-hydrogen) atoms. The third-order valence-electron chi connectivity index (χ3n) is 4.74. The molecule has 1 aliphatic rings. The molecule has 1 aliphatic carbocycles. The van der Waals surface area contributed by atoms with Crippen LogP contribution in [0.1, 0.15) is 56.2 Å². The molecule has 0 amide bonds. The van der Waals surface area contributed by atoms with Crippen molar-refractivity contribution in [2.45, 2.75) is 57.9 Å². The number of rotatable bonds is 6. The molecule has 0 atom stereocenters. The molecular formula is C17H23N5S2. The van der Waals surface area contributed by atoms with Gasteiger partial charge in [-0.25, -0.2) is 14.5 Å². The van der Waals surface area contributed by atoms with Gasteiger partial charge in [0.25, 0.3) is 0 Å². The van der Waals surface area contributed by atoms with Crippen molar-refractivity contribution in [3.05, 3.63) is 28.5 Å². The largest absolute Gasteiger partial charge is 0.344 e. The highest BCUT2D eigenvalue weighted by molar-refractivity contribution is 7.20. The lowest BCUT2D eigenvalue weighted by atomic mass is 10.1. The highest BCUT2D eigenvalue weighted by Gasteiger charge is 2.22. The monoisotopic (exact) mass is 361 g/mol. The first kappa shape index (κ1) is 16.0. The van der Waals surface area contributed by atoms with E-state index in [2.05, 4.69) is 29.9 Å². The molecule has 0 N–H and O–H groups in total. The molecule has 1 fully saturated rings. The lowest BCUT2D eigenvalue weighted by Gasteiger charge is -2.25. The average Bonchev–Trinajstić information content (AvgIpc) is 3.31. The first-order valence-corrected chi connectivity index (χ1v) is 10.4. The predicted octanol–water partition coefficient (Wildman–Crippen LogP) is 4.36. The number of fused-ring (bicyclic) bond motifs is 1. The van der Waals surface area contributed by atoms with E-state index in [4.69, 9.17) is 10.1 Å². The van der Waals surface area contributed by atoms with Crippen molar-refractivity contribution < 1.29 is 0 Å². The minimum absolute atomic E-state index is 0.412. The van der Waals surface area contributed by atoms with Crippen LogP contribution in [0.4, 0.5) is 5.13 Å². The third-order valence-corrected chi connectivity index (χ3v) is 6.54. The summed E-state index contributed by atoms with van der Waals surface area (Å²) < 4.78 is 1.98. The molecule has 7 heteroatoms. The van der Waals surface area contributed by atoms with Crippen LogP contribution in [0, 0.1) is 0 Å². The topological polar surface area (TPSA) is 46.3 Å². The Hall–Kier alpha value is -1.47. The number of nitrogens with zero attached hydrogens (tertiary/aromatic N) is 5. The molecule has 0 aliphatic heterocycles.